The van der Waals surface area contributed by atoms with Gasteiger partial charge >= 0.3 is 6.03 Å². The zero-order chi connectivity index (χ0) is 19.8. The number of aromatic nitrogens is 1. The Labute approximate surface area is 165 Å². The minimum Gasteiger partial charge on any atom is -0.320 e. The first-order chi connectivity index (χ1) is 13.6. The van der Waals surface area contributed by atoms with Crippen LogP contribution in [0.5, 0.6) is 0 Å². The Morgan fingerprint density at radius 2 is 1.75 bits per heavy atom. The highest BCUT2D eigenvalue weighted by molar-refractivity contribution is 5.96. The van der Waals surface area contributed by atoms with Crippen molar-refractivity contribution in [2.75, 3.05) is 11.9 Å². The molecule has 0 aliphatic rings. The van der Waals surface area contributed by atoms with Crippen molar-refractivity contribution in [3.05, 3.63) is 95.8 Å². The lowest BCUT2D eigenvalue weighted by Crippen LogP contribution is -2.36. The standard InChI is InChI=1S/C23H23N3O2/c1-18(27)21-10-5-11-22(15-21)25-23(28)26(17-20-9-6-13-24-16-20)14-12-19-7-3-2-4-8-19/h2-11,13,15-16H,12,14,17H2,1H3,(H,25,28). The van der Waals surface area contributed by atoms with Gasteiger partial charge in [0.25, 0.3) is 0 Å². The van der Waals surface area contributed by atoms with Gasteiger partial charge in [-0.1, -0.05) is 48.5 Å². The molecular formula is C23H23N3O2. The summed E-state index contributed by atoms with van der Waals surface area (Å²) in [5, 5.41) is 2.91. The number of ketones is 1. The number of urea groups is 1. The summed E-state index contributed by atoms with van der Waals surface area (Å²) < 4.78 is 0. The lowest BCUT2D eigenvalue weighted by Gasteiger charge is -2.23. The second kappa shape index (κ2) is 9.46. The predicted octanol–water partition coefficient (Wildman–Crippen LogP) is 4.56. The number of hydrogen-bond donors (Lipinski definition) is 1. The molecule has 28 heavy (non-hydrogen) atoms. The third-order valence-electron chi connectivity index (χ3n) is 4.42. The van der Waals surface area contributed by atoms with Crippen LogP contribution in [0.25, 0.3) is 0 Å². The van der Waals surface area contributed by atoms with E-state index < -0.39 is 0 Å². The molecule has 0 fully saturated rings. The number of pyridine rings is 1. The van der Waals surface area contributed by atoms with Crippen molar-refractivity contribution < 1.29 is 9.59 Å². The molecule has 3 aromatic rings. The van der Waals surface area contributed by atoms with Crippen molar-refractivity contribution in [3.63, 3.8) is 0 Å². The maximum Gasteiger partial charge on any atom is 0.322 e. The number of hydrogen-bond acceptors (Lipinski definition) is 3. The second-order valence-corrected chi connectivity index (χ2v) is 6.59. The largest absolute Gasteiger partial charge is 0.322 e. The highest BCUT2D eigenvalue weighted by Gasteiger charge is 2.15. The quantitative estimate of drug-likeness (QED) is 0.618. The number of benzene rings is 2. The highest BCUT2D eigenvalue weighted by Crippen LogP contribution is 2.14. The molecule has 2 amide bonds. The molecule has 5 nitrogen and oxygen atoms in total. The summed E-state index contributed by atoms with van der Waals surface area (Å²) in [5.74, 6) is -0.0348. The smallest absolute Gasteiger partial charge is 0.320 e. The zero-order valence-electron chi connectivity index (χ0n) is 15.8. The van der Waals surface area contributed by atoms with Crippen molar-refractivity contribution in [2.24, 2.45) is 0 Å². The van der Waals surface area contributed by atoms with Crippen molar-refractivity contribution in [1.82, 2.24) is 9.88 Å². The molecule has 0 saturated heterocycles. The van der Waals surface area contributed by atoms with Gasteiger partial charge in [-0.3, -0.25) is 9.78 Å². The van der Waals surface area contributed by atoms with E-state index in [-0.39, 0.29) is 11.8 Å². The van der Waals surface area contributed by atoms with Gasteiger partial charge in [0.15, 0.2) is 5.78 Å². The molecule has 0 spiro atoms. The van der Waals surface area contributed by atoms with Crippen molar-refractivity contribution in [3.8, 4) is 0 Å². The van der Waals surface area contributed by atoms with E-state index in [2.05, 4.69) is 22.4 Å². The molecule has 5 heteroatoms. The van der Waals surface area contributed by atoms with Gasteiger partial charge in [0.1, 0.15) is 0 Å². The maximum atomic E-state index is 12.9. The van der Waals surface area contributed by atoms with E-state index in [1.54, 1.807) is 41.6 Å². The SMILES string of the molecule is CC(=O)c1cccc(NC(=O)N(CCc2ccccc2)Cc2cccnc2)c1. The van der Waals surface area contributed by atoms with Crippen LogP contribution in [0, 0.1) is 0 Å². The van der Waals surface area contributed by atoms with Gasteiger partial charge in [0, 0.05) is 36.7 Å². The summed E-state index contributed by atoms with van der Waals surface area (Å²) in [7, 11) is 0. The van der Waals surface area contributed by atoms with Crippen LogP contribution in [0.2, 0.25) is 0 Å². The molecule has 0 saturated carbocycles. The Kier molecular flexibility index (Phi) is 6.52. The molecule has 2 aromatic carbocycles. The van der Waals surface area contributed by atoms with Crippen LogP contribution in [0.1, 0.15) is 28.4 Å². The van der Waals surface area contributed by atoms with E-state index >= 15 is 0 Å². The van der Waals surface area contributed by atoms with E-state index in [4.69, 9.17) is 0 Å². The first-order valence-corrected chi connectivity index (χ1v) is 9.21. The first-order valence-electron chi connectivity index (χ1n) is 9.21. The Balaban J connectivity index is 1.73. The van der Waals surface area contributed by atoms with Gasteiger partial charge < -0.3 is 10.2 Å². The Bertz CT molecular complexity index is 927. The van der Waals surface area contributed by atoms with Gasteiger partial charge in [-0.05, 0) is 42.7 Å². The second-order valence-electron chi connectivity index (χ2n) is 6.59. The van der Waals surface area contributed by atoms with Gasteiger partial charge in [-0.15, -0.1) is 0 Å². The molecule has 3 rings (SSSR count). The van der Waals surface area contributed by atoms with Crippen molar-refractivity contribution >= 4 is 17.5 Å². The number of nitrogens with one attached hydrogen (secondary N) is 1. The molecule has 0 bridgehead atoms. The van der Waals surface area contributed by atoms with Crippen LogP contribution in [0.4, 0.5) is 10.5 Å². The van der Waals surface area contributed by atoms with Crippen LogP contribution < -0.4 is 5.32 Å². The molecule has 1 N–H and O–H groups in total. The van der Waals surface area contributed by atoms with Crippen molar-refractivity contribution in [1.29, 1.82) is 0 Å². The number of nitrogens with zero attached hydrogens (tertiary/aromatic N) is 2. The summed E-state index contributed by atoms with van der Waals surface area (Å²) in [5.41, 5.74) is 3.31. The average molecular weight is 373 g/mol. The number of rotatable bonds is 7. The van der Waals surface area contributed by atoms with Crippen LogP contribution in [0.3, 0.4) is 0 Å². The fraction of sp³-hybridized carbons (Fsp3) is 0.174. The molecule has 0 atom stereocenters. The lowest BCUT2D eigenvalue weighted by molar-refractivity contribution is 0.101. The summed E-state index contributed by atoms with van der Waals surface area (Å²) in [6.45, 7) is 2.53. The minimum atomic E-state index is -0.208. The van der Waals surface area contributed by atoms with Crippen LogP contribution in [0.15, 0.2) is 79.1 Å². The summed E-state index contributed by atoms with van der Waals surface area (Å²) in [6.07, 6.45) is 4.23. The molecule has 1 heterocycles. The molecule has 0 aliphatic carbocycles. The Morgan fingerprint density at radius 1 is 0.964 bits per heavy atom. The normalized spacial score (nSPS) is 10.3. The third-order valence-corrected chi connectivity index (χ3v) is 4.42. The fourth-order valence-corrected chi connectivity index (χ4v) is 2.89. The molecule has 0 unspecified atom stereocenters. The summed E-state index contributed by atoms with van der Waals surface area (Å²) in [6, 6.07) is 20.7. The molecule has 0 radical (unpaired) electrons. The fourth-order valence-electron chi connectivity index (χ4n) is 2.89. The molecular weight excluding hydrogens is 350 g/mol. The van der Waals surface area contributed by atoms with Crippen LogP contribution in [-0.4, -0.2) is 28.2 Å². The van der Waals surface area contributed by atoms with Gasteiger partial charge in [0.2, 0.25) is 0 Å². The number of anilines is 1. The van der Waals surface area contributed by atoms with E-state index in [1.807, 2.05) is 30.3 Å². The predicted molar refractivity (Wildman–Crippen MR) is 110 cm³/mol. The van der Waals surface area contributed by atoms with E-state index in [0.29, 0.717) is 24.3 Å². The third kappa shape index (κ3) is 5.51. The minimum absolute atomic E-state index is 0.0348. The summed E-state index contributed by atoms with van der Waals surface area (Å²) in [4.78, 5) is 30.4. The topological polar surface area (TPSA) is 62.3 Å². The van der Waals surface area contributed by atoms with Gasteiger partial charge in [-0.2, -0.15) is 0 Å². The lowest BCUT2D eigenvalue weighted by atomic mass is 10.1. The monoisotopic (exact) mass is 373 g/mol. The molecule has 142 valence electrons. The highest BCUT2D eigenvalue weighted by atomic mass is 16.2. The average Bonchev–Trinajstić information content (AvgIpc) is 2.72. The zero-order valence-corrected chi connectivity index (χ0v) is 15.8. The molecule has 1 aromatic heterocycles. The van der Waals surface area contributed by atoms with Gasteiger partial charge in [0.05, 0.1) is 0 Å². The van der Waals surface area contributed by atoms with Gasteiger partial charge in [-0.25, -0.2) is 4.79 Å². The number of carbonyl (C=O) groups is 2. The Morgan fingerprint density at radius 3 is 2.46 bits per heavy atom. The Hall–Kier alpha value is -3.47. The number of Topliss-reactive ketones (excluding diaryl/α,β-unsaturated/α-hetero) is 1. The number of carbonyl (C=O) groups excluding carboxylic acids is 2. The van der Waals surface area contributed by atoms with E-state index in [1.165, 1.54) is 12.5 Å². The van der Waals surface area contributed by atoms with E-state index in [9.17, 15) is 9.59 Å². The number of amides is 2. The van der Waals surface area contributed by atoms with Crippen molar-refractivity contribution in [2.45, 2.75) is 19.9 Å². The van der Waals surface area contributed by atoms with Crippen LogP contribution in [-0.2, 0) is 13.0 Å². The maximum absolute atomic E-state index is 12.9. The van der Waals surface area contributed by atoms with E-state index in [0.717, 1.165) is 12.0 Å². The first kappa shape index (κ1) is 19.3. The summed E-state index contributed by atoms with van der Waals surface area (Å²) >= 11 is 0. The van der Waals surface area contributed by atoms with Crippen LogP contribution >= 0.6 is 0 Å². The molecule has 0 aliphatic heterocycles.